The minimum Gasteiger partial charge on any atom is -0.382 e. The number of rotatable bonds is 1. The van der Waals surface area contributed by atoms with E-state index in [2.05, 4.69) is 23.2 Å². The van der Waals surface area contributed by atoms with Gasteiger partial charge in [0, 0.05) is 18.8 Å². The van der Waals surface area contributed by atoms with Gasteiger partial charge in [0.25, 0.3) is 5.91 Å². The minimum absolute atomic E-state index is 0.0347. The van der Waals surface area contributed by atoms with Crippen LogP contribution in [0.1, 0.15) is 29.4 Å². The summed E-state index contributed by atoms with van der Waals surface area (Å²) in [6, 6.07) is 0. The fraction of sp³-hybridized carbons (Fsp3) is 0.455. The first-order valence-electron chi connectivity index (χ1n) is 5.35. The van der Waals surface area contributed by atoms with E-state index < -0.39 is 0 Å². The summed E-state index contributed by atoms with van der Waals surface area (Å²) in [5.41, 5.74) is 8.24. The number of anilines is 1. The van der Waals surface area contributed by atoms with Crippen LogP contribution in [0.15, 0.2) is 11.6 Å². The number of aromatic nitrogens is 2. The molecule has 0 fully saturated rings. The molecule has 0 unspecified atom stereocenters. The third-order valence-electron chi connectivity index (χ3n) is 2.91. The standard InChI is InChI=1S/C11H16N4O/c1-7-3-5-15(6-4-7)11(16)9-8(2)13-14-10(9)12/h3H,4-6H2,1-2H3,(H3,12,13,14). The number of aryl methyl sites for hydroxylation is 1. The van der Waals surface area contributed by atoms with Crippen LogP contribution in [0.2, 0.25) is 0 Å². The van der Waals surface area contributed by atoms with Crippen LogP contribution < -0.4 is 5.73 Å². The van der Waals surface area contributed by atoms with Gasteiger partial charge < -0.3 is 10.6 Å². The van der Waals surface area contributed by atoms with Crippen molar-refractivity contribution in [3.05, 3.63) is 22.9 Å². The summed E-state index contributed by atoms with van der Waals surface area (Å²) in [7, 11) is 0. The smallest absolute Gasteiger partial charge is 0.259 e. The van der Waals surface area contributed by atoms with Crippen LogP contribution in [0.5, 0.6) is 0 Å². The highest BCUT2D eigenvalue weighted by Gasteiger charge is 2.23. The lowest BCUT2D eigenvalue weighted by Crippen LogP contribution is -2.35. The van der Waals surface area contributed by atoms with Crippen molar-refractivity contribution in [3.63, 3.8) is 0 Å². The molecule has 0 spiro atoms. The summed E-state index contributed by atoms with van der Waals surface area (Å²) in [6.45, 7) is 5.31. The molecule has 0 saturated heterocycles. The second-order valence-corrected chi connectivity index (χ2v) is 4.16. The Hall–Kier alpha value is -1.78. The molecule has 1 aromatic heterocycles. The maximum absolute atomic E-state index is 12.2. The van der Waals surface area contributed by atoms with Crippen LogP contribution in [0, 0.1) is 6.92 Å². The fourth-order valence-electron chi connectivity index (χ4n) is 1.83. The molecule has 1 aromatic rings. The van der Waals surface area contributed by atoms with Crippen LogP contribution in [-0.4, -0.2) is 34.1 Å². The third-order valence-corrected chi connectivity index (χ3v) is 2.91. The Morgan fingerprint density at radius 1 is 1.56 bits per heavy atom. The highest BCUT2D eigenvalue weighted by Crippen LogP contribution is 2.18. The highest BCUT2D eigenvalue weighted by molar-refractivity contribution is 5.99. The molecule has 0 atom stereocenters. The van der Waals surface area contributed by atoms with Crippen LogP contribution in [-0.2, 0) is 0 Å². The molecule has 5 nitrogen and oxygen atoms in total. The number of aromatic amines is 1. The zero-order valence-corrected chi connectivity index (χ0v) is 9.58. The summed E-state index contributed by atoms with van der Waals surface area (Å²) in [5, 5.41) is 6.56. The highest BCUT2D eigenvalue weighted by atomic mass is 16.2. The zero-order chi connectivity index (χ0) is 11.7. The van der Waals surface area contributed by atoms with E-state index in [0.717, 1.165) is 18.7 Å². The Balaban J connectivity index is 2.20. The van der Waals surface area contributed by atoms with Gasteiger partial charge in [-0.05, 0) is 20.3 Å². The number of nitrogens with two attached hydrogens (primary N) is 1. The van der Waals surface area contributed by atoms with Gasteiger partial charge in [-0.1, -0.05) is 11.6 Å². The molecular formula is C11H16N4O. The number of H-pyrrole nitrogens is 1. The van der Waals surface area contributed by atoms with E-state index in [4.69, 9.17) is 5.73 Å². The maximum Gasteiger partial charge on any atom is 0.259 e. The molecule has 0 radical (unpaired) electrons. The van der Waals surface area contributed by atoms with E-state index in [1.54, 1.807) is 4.90 Å². The van der Waals surface area contributed by atoms with E-state index in [-0.39, 0.29) is 11.7 Å². The minimum atomic E-state index is -0.0347. The Bertz CT molecular complexity index is 427. The van der Waals surface area contributed by atoms with Gasteiger partial charge in [0.15, 0.2) is 5.82 Å². The Morgan fingerprint density at radius 3 is 2.81 bits per heavy atom. The van der Waals surface area contributed by atoms with Crippen LogP contribution in [0.25, 0.3) is 0 Å². The van der Waals surface area contributed by atoms with Gasteiger partial charge in [-0.15, -0.1) is 0 Å². The number of nitrogens with zero attached hydrogens (tertiary/aromatic N) is 2. The van der Waals surface area contributed by atoms with E-state index in [9.17, 15) is 4.79 Å². The molecule has 86 valence electrons. The van der Waals surface area contributed by atoms with Gasteiger partial charge in [-0.3, -0.25) is 9.89 Å². The first-order valence-corrected chi connectivity index (χ1v) is 5.35. The van der Waals surface area contributed by atoms with E-state index >= 15 is 0 Å². The molecular weight excluding hydrogens is 204 g/mol. The predicted molar refractivity (Wildman–Crippen MR) is 62.0 cm³/mol. The average Bonchev–Trinajstić information content (AvgIpc) is 2.59. The molecule has 0 saturated carbocycles. The average molecular weight is 220 g/mol. The lowest BCUT2D eigenvalue weighted by atomic mass is 10.1. The van der Waals surface area contributed by atoms with Crippen molar-refractivity contribution in [2.24, 2.45) is 0 Å². The van der Waals surface area contributed by atoms with Gasteiger partial charge in [0.2, 0.25) is 0 Å². The van der Waals surface area contributed by atoms with Gasteiger partial charge in [0.05, 0.1) is 0 Å². The molecule has 0 aromatic carbocycles. The number of nitrogen functional groups attached to an aromatic ring is 1. The van der Waals surface area contributed by atoms with Crippen LogP contribution in [0.4, 0.5) is 5.82 Å². The van der Waals surface area contributed by atoms with Crippen molar-refractivity contribution in [2.75, 3.05) is 18.8 Å². The quantitative estimate of drug-likeness (QED) is 0.696. The Kier molecular flexibility index (Phi) is 2.68. The number of nitrogens with one attached hydrogen (secondary N) is 1. The molecule has 2 heterocycles. The number of hydrogen-bond donors (Lipinski definition) is 2. The van der Waals surface area contributed by atoms with E-state index in [1.807, 2.05) is 6.92 Å². The van der Waals surface area contributed by atoms with E-state index in [0.29, 0.717) is 12.1 Å². The number of carbonyl (C=O) groups excluding carboxylic acids is 1. The first-order chi connectivity index (χ1) is 7.59. The van der Waals surface area contributed by atoms with Crippen LogP contribution in [0.3, 0.4) is 0 Å². The molecule has 0 bridgehead atoms. The second kappa shape index (κ2) is 4.00. The topological polar surface area (TPSA) is 75.0 Å². The normalized spacial score (nSPS) is 16.1. The molecule has 0 aliphatic carbocycles. The third kappa shape index (κ3) is 1.80. The lowest BCUT2D eigenvalue weighted by Gasteiger charge is -2.25. The second-order valence-electron chi connectivity index (χ2n) is 4.16. The maximum atomic E-state index is 12.2. The molecule has 5 heteroatoms. The molecule has 2 rings (SSSR count). The van der Waals surface area contributed by atoms with E-state index in [1.165, 1.54) is 5.57 Å². The summed E-state index contributed by atoms with van der Waals surface area (Å²) < 4.78 is 0. The van der Waals surface area contributed by atoms with Gasteiger partial charge >= 0.3 is 0 Å². The van der Waals surface area contributed by atoms with Crippen molar-refractivity contribution in [1.82, 2.24) is 15.1 Å². The van der Waals surface area contributed by atoms with Gasteiger partial charge in [0.1, 0.15) is 5.56 Å². The summed E-state index contributed by atoms with van der Waals surface area (Å²) in [5.74, 6) is 0.251. The molecule has 3 N–H and O–H groups in total. The Labute approximate surface area is 94.3 Å². The number of hydrogen-bond acceptors (Lipinski definition) is 3. The van der Waals surface area contributed by atoms with Crippen molar-refractivity contribution in [3.8, 4) is 0 Å². The fourth-order valence-corrected chi connectivity index (χ4v) is 1.83. The monoisotopic (exact) mass is 220 g/mol. The zero-order valence-electron chi connectivity index (χ0n) is 9.58. The SMILES string of the molecule is CC1=CCN(C(=O)c2c(N)n[nH]c2C)CC1. The van der Waals surface area contributed by atoms with Gasteiger partial charge in [-0.25, -0.2) is 0 Å². The van der Waals surface area contributed by atoms with Crippen molar-refractivity contribution in [2.45, 2.75) is 20.3 Å². The largest absolute Gasteiger partial charge is 0.382 e. The summed E-state index contributed by atoms with van der Waals surface area (Å²) in [4.78, 5) is 14.0. The molecule has 16 heavy (non-hydrogen) atoms. The van der Waals surface area contributed by atoms with Crippen molar-refractivity contribution >= 4 is 11.7 Å². The number of amides is 1. The van der Waals surface area contributed by atoms with Crippen LogP contribution >= 0.6 is 0 Å². The summed E-state index contributed by atoms with van der Waals surface area (Å²) in [6.07, 6.45) is 3.01. The summed E-state index contributed by atoms with van der Waals surface area (Å²) >= 11 is 0. The molecule has 1 amide bonds. The van der Waals surface area contributed by atoms with Gasteiger partial charge in [-0.2, -0.15) is 5.10 Å². The Morgan fingerprint density at radius 2 is 2.31 bits per heavy atom. The lowest BCUT2D eigenvalue weighted by molar-refractivity contribution is 0.0769. The first kappa shape index (κ1) is 10.7. The molecule has 1 aliphatic rings. The van der Waals surface area contributed by atoms with Crippen molar-refractivity contribution in [1.29, 1.82) is 0 Å². The predicted octanol–water partition coefficient (Wildman–Crippen LogP) is 1.09. The molecule has 1 aliphatic heterocycles. The number of carbonyl (C=O) groups is 1. The van der Waals surface area contributed by atoms with Crippen molar-refractivity contribution < 1.29 is 4.79 Å².